The molecular formula is C11H9ClN2O2. The van der Waals surface area contributed by atoms with Crippen LogP contribution < -0.4 is 11.4 Å². The van der Waals surface area contributed by atoms with E-state index in [-0.39, 0.29) is 11.5 Å². The minimum absolute atomic E-state index is 0.182. The van der Waals surface area contributed by atoms with E-state index >= 15 is 0 Å². The first-order valence-electron chi connectivity index (χ1n) is 4.62. The van der Waals surface area contributed by atoms with Crippen molar-refractivity contribution in [2.45, 2.75) is 0 Å². The molecule has 16 heavy (non-hydrogen) atoms. The van der Waals surface area contributed by atoms with Crippen LogP contribution >= 0.6 is 11.6 Å². The van der Waals surface area contributed by atoms with Crippen molar-refractivity contribution in [2.24, 2.45) is 10.7 Å². The van der Waals surface area contributed by atoms with Gasteiger partial charge in [-0.05, 0) is 24.3 Å². The van der Waals surface area contributed by atoms with Crippen molar-refractivity contribution in [1.82, 2.24) is 0 Å². The Morgan fingerprint density at radius 2 is 2.19 bits per heavy atom. The largest absolute Gasteiger partial charge is 0.423 e. The van der Waals surface area contributed by atoms with Crippen molar-refractivity contribution in [3.63, 3.8) is 0 Å². The Morgan fingerprint density at radius 3 is 2.94 bits per heavy atom. The van der Waals surface area contributed by atoms with Gasteiger partial charge in [-0.25, -0.2) is 9.79 Å². The minimum atomic E-state index is -0.371. The van der Waals surface area contributed by atoms with Crippen molar-refractivity contribution < 1.29 is 4.42 Å². The highest BCUT2D eigenvalue weighted by molar-refractivity contribution is 6.28. The number of aliphatic imine (C=N–C) groups is 1. The molecule has 0 aliphatic carbocycles. The maximum Gasteiger partial charge on any atom is 0.336 e. The molecule has 0 unspecified atom stereocenters. The number of rotatable bonds is 2. The van der Waals surface area contributed by atoms with Crippen LogP contribution in [0, 0.1) is 0 Å². The normalized spacial score (nSPS) is 11.9. The monoisotopic (exact) mass is 236 g/mol. The van der Waals surface area contributed by atoms with E-state index in [4.69, 9.17) is 21.8 Å². The van der Waals surface area contributed by atoms with Crippen LogP contribution in [0.3, 0.4) is 0 Å². The van der Waals surface area contributed by atoms with E-state index in [9.17, 15) is 4.79 Å². The van der Waals surface area contributed by atoms with Crippen LogP contribution in [0.4, 0.5) is 5.69 Å². The lowest BCUT2D eigenvalue weighted by Gasteiger charge is -1.99. The van der Waals surface area contributed by atoms with Gasteiger partial charge in [0.05, 0.1) is 11.6 Å². The molecule has 0 radical (unpaired) electrons. The van der Waals surface area contributed by atoms with Crippen LogP contribution in [0.2, 0.25) is 0 Å². The molecule has 0 saturated heterocycles. The first kappa shape index (κ1) is 10.7. The summed E-state index contributed by atoms with van der Waals surface area (Å²) in [6.07, 6.45) is 0. The summed E-state index contributed by atoms with van der Waals surface area (Å²) < 4.78 is 4.99. The van der Waals surface area contributed by atoms with Gasteiger partial charge in [0.15, 0.2) is 0 Å². The zero-order chi connectivity index (χ0) is 11.5. The first-order valence-corrected chi connectivity index (χ1v) is 5.15. The van der Waals surface area contributed by atoms with Crippen LogP contribution in [0.15, 0.2) is 44.5 Å². The van der Waals surface area contributed by atoms with Gasteiger partial charge in [-0.2, -0.15) is 0 Å². The number of halogens is 1. The number of hydrogen-bond acceptors (Lipinski definition) is 3. The molecule has 2 N–H and O–H groups in total. The summed E-state index contributed by atoms with van der Waals surface area (Å²) in [4.78, 5) is 15.1. The molecule has 0 saturated carbocycles. The Balaban J connectivity index is 2.53. The predicted octanol–water partition coefficient (Wildman–Crippen LogP) is 2.02. The first-order chi connectivity index (χ1) is 7.69. The maximum atomic E-state index is 11.0. The lowest BCUT2D eigenvalue weighted by Crippen LogP contribution is -2.12. The summed E-state index contributed by atoms with van der Waals surface area (Å²) >= 11 is 5.53. The molecule has 0 atom stereocenters. The van der Waals surface area contributed by atoms with E-state index in [2.05, 4.69) is 4.99 Å². The van der Waals surface area contributed by atoms with Crippen molar-refractivity contribution >= 4 is 34.1 Å². The summed E-state index contributed by atoms with van der Waals surface area (Å²) in [5, 5.41) is 0.795. The SMILES string of the molecule is NC(CCl)=Nc1ccc2oc(=O)ccc2c1. The Morgan fingerprint density at radius 1 is 1.38 bits per heavy atom. The molecule has 0 bridgehead atoms. The Bertz CT molecular complexity index is 604. The smallest absolute Gasteiger partial charge is 0.336 e. The van der Waals surface area contributed by atoms with Gasteiger partial charge in [-0.3, -0.25) is 0 Å². The molecule has 1 aromatic carbocycles. The number of alkyl halides is 1. The van der Waals surface area contributed by atoms with Crippen molar-refractivity contribution in [3.8, 4) is 0 Å². The van der Waals surface area contributed by atoms with E-state index in [0.29, 0.717) is 17.1 Å². The highest BCUT2D eigenvalue weighted by atomic mass is 35.5. The fourth-order valence-corrected chi connectivity index (χ4v) is 1.38. The Hall–Kier alpha value is -1.81. The molecule has 2 rings (SSSR count). The molecule has 4 nitrogen and oxygen atoms in total. The van der Waals surface area contributed by atoms with E-state index in [1.165, 1.54) is 6.07 Å². The summed E-state index contributed by atoms with van der Waals surface area (Å²) in [7, 11) is 0. The van der Waals surface area contributed by atoms with E-state index < -0.39 is 0 Å². The summed E-state index contributed by atoms with van der Waals surface area (Å²) in [6.45, 7) is 0. The molecule has 0 amide bonds. The van der Waals surface area contributed by atoms with Crippen LogP contribution in [0.25, 0.3) is 11.0 Å². The van der Waals surface area contributed by atoms with Gasteiger partial charge >= 0.3 is 5.63 Å². The molecule has 1 heterocycles. The molecule has 0 spiro atoms. The summed E-state index contributed by atoms with van der Waals surface area (Å²) in [6, 6.07) is 8.21. The predicted molar refractivity (Wildman–Crippen MR) is 64.5 cm³/mol. The van der Waals surface area contributed by atoms with Gasteiger partial charge in [0, 0.05) is 11.5 Å². The van der Waals surface area contributed by atoms with Gasteiger partial charge in [0.2, 0.25) is 0 Å². The highest BCUT2D eigenvalue weighted by Crippen LogP contribution is 2.19. The third-order valence-corrected chi connectivity index (χ3v) is 2.29. The van der Waals surface area contributed by atoms with Crippen molar-refractivity contribution in [2.75, 3.05) is 5.88 Å². The van der Waals surface area contributed by atoms with Gasteiger partial charge in [-0.15, -0.1) is 11.6 Å². The summed E-state index contributed by atoms with van der Waals surface area (Å²) in [5.41, 5.74) is 6.35. The molecule has 0 fully saturated rings. The second-order valence-corrected chi connectivity index (χ2v) is 3.48. The zero-order valence-corrected chi connectivity index (χ0v) is 9.07. The molecule has 82 valence electrons. The number of benzene rings is 1. The second kappa shape index (κ2) is 4.37. The molecule has 1 aromatic heterocycles. The topological polar surface area (TPSA) is 68.6 Å². The fraction of sp³-hybridized carbons (Fsp3) is 0.0909. The molecular weight excluding hydrogens is 228 g/mol. The standard InChI is InChI=1S/C11H9ClN2O2/c12-6-10(13)14-8-2-3-9-7(5-8)1-4-11(15)16-9/h1-5H,6H2,(H2,13,14). The van der Waals surface area contributed by atoms with Crippen LogP contribution in [0.1, 0.15) is 0 Å². The number of amidine groups is 1. The van der Waals surface area contributed by atoms with Gasteiger partial charge < -0.3 is 10.2 Å². The molecule has 0 aliphatic heterocycles. The Labute approximate surface area is 96.3 Å². The van der Waals surface area contributed by atoms with Gasteiger partial charge in [0.1, 0.15) is 11.4 Å². The molecule has 0 aliphatic rings. The average Bonchev–Trinajstić information content (AvgIpc) is 2.29. The van der Waals surface area contributed by atoms with E-state index in [1.54, 1.807) is 24.3 Å². The van der Waals surface area contributed by atoms with Crippen LogP contribution in [-0.2, 0) is 0 Å². The third kappa shape index (κ3) is 2.23. The van der Waals surface area contributed by atoms with Crippen LogP contribution in [-0.4, -0.2) is 11.7 Å². The molecule has 2 aromatic rings. The zero-order valence-electron chi connectivity index (χ0n) is 8.31. The van der Waals surface area contributed by atoms with Crippen molar-refractivity contribution in [1.29, 1.82) is 0 Å². The minimum Gasteiger partial charge on any atom is -0.423 e. The van der Waals surface area contributed by atoms with Gasteiger partial charge in [0.25, 0.3) is 0 Å². The number of nitrogens with two attached hydrogens (primary N) is 1. The van der Waals surface area contributed by atoms with Crippen LogP contribution in [0.5, 0.6) is 0 Å². The van der Waals surface area contributed by atoms with E-state index in [1.807, 2.05) is 0 Å². The van der Waals surface area contributed by atoms with Crippen molar-refractivity contribution in [3.05, 3.63) is 40.8 Å². The van der Waals surface area contributed by atoms with Gasteiger partial charge in [-0.1, -0.05) is 0 Å². The van der Waals surface area contributed by atoms with E-state index in [0.717, 1.165) is 5.39 Å². The number of fused-ring (bicyclic) bond motifs is 1. The molecule has 5 heteroatoms. The maximum absolute atomic E-state index is 11.0. The quantitative estimate of drug-likeness (QED) is 0.375. The Kier molecular flexibility index (Phi) is 2.92. The fourth-order valence-electron chi connectivity index (χ4n) is 1.32. The summed E-state index contributed by atoms with van der Waals surface area (Å²) in [5.74, 6) is 0.528. The third-order valence-electron chi connectivity index (χ3n) is 2.01. The lowest BCUT2D eigenvalue weighted by molar-refractivity contribution is 0.561. The number of hydrogen-bond donors (Lipinski definition) is 1. The number of nitrogens with zero attached hydrogens (tertiary/aromatic N) is 1. The lowest BCUT2D eigenvalue weighted by atomic mass is 10.2. The second-order valence-electron chi connectivity index (χ2n) is 3.21. The average molecular weight is 237 g/mol. The highest BCUT2D eigenvalue weighted by Gasteiger charge is 1.98.